The standard InChI is InChI=1S/C20H15N7O/c28-20(11-26-12-21-17-6-1-2-7-18(17)26)23-15-5-3-4-14(10-15)16-8-9-19-24-22-13-27(19)25-16/h1-10,12-13H,11H2,(H,23,28). The predicted octanol–water partition coefficient (Wildman–Crippen LogP) is 2.78. The maximum Gasteiger partial charge on any atom is 0.244 e. The molecule has 0 bridgehead atoms. The van der Waals surface area contributed by atoms with E-state index in [0.29, 0.717) is 11.3 Å². The number of nitrogens with zero attached hydrogens (tertiary/aromatic N) is 6. The van der Waals surface area contributed by atoms with E-state index in [1.807, 2.05) is 65.2 Å². The average Bonchev–Trinajstić information content (AvgIpc) is 3.35. The summed E-state index contributed by atoms with van der Waals surface area (Å²) in [5.41, 5.74) is 4.84. The molecule has 0 fully saturated rings. The van der Waals surface area contributed by atoms with Crippen molar-refractivity contribution in [3.63, 3.8) is 0 Å². The lowest BCUT2D eigenvalue weighted by Crippen LogP contribution is -2.18. The molecule has 0 unspecified atom stereocenters. The Labute approximate surface area is 159 Å². The second-order valence-corrected chi connectivity index (χ2v) is 6.34. The molecular formula is C20H15N7O. The number of aromatic nitrogens is 6. The van der Waals surface area contributed by atoms with Crippen LogP contribution in [0.1, 0.15) is 0 Å². The van der Waals surface area contributed by atoms with Crippen molar-refractivity contribution in [1.29, 1.82) is 0 Å². The number of benzene rings is 2. The molecule has 8 nitrogen and oxygen atoms in total. The largest absolute Gasteiger partial charge is 0.325 e. The quantitative estimate of drug-likeness (QED) is 0.526. The van der Waals surface area contributed by atoms with Crippen molar-refractivity contribution in [2.75, 3.05) is 5.32 Å². The van der Waals surface area contributed by atoms with E-state index in [4.69, 9.17) is 0 Å². The molecule has 0 saturated carbocycles. The normalized spacial score (nSPS) is 11.1. The molecule has 3 aromatic heterocycles. The number of fused-ring (bicyclic) bond motifs is 2. The summed E-state index contributed by atoms with van der Waals surface area (Å²) in [5.74, 6) is -0.123. The molecule has 0 aliphatic rings. The summed E-state index contributed by atoms with van der Waals surface area (Å²) in [6.45, 7) is 0.190. The van der Waals surface area contributed by atoms with Crippen LogP contribution in [0.2, 0.25) is 0 Å². The van der Waals surface area contributed by atoms with Crippen LogP contribution in [0.5, 0.6) is 0 Å². The Morgan fingerprint density at radius 2 is 1.93 bits per heavy atom. The van der Waals surface area contributed by atoms with Crippen LogP contribution in [-0.2, 0) is 11.3 Å². The molecule has 136 valence electrons. The first-order chi connectivity index (χ1) is 13.8. The lowest BCUT2D eigenvalue weighted by molar-refractivity contribution is -0.116. The third kappa shape index (κ3) is 2.96. The molecular weight excluding hydrogens is 354 g/mol. The first kappa shape index (κ1) is 16.1. The SMILES string of the molecule is O=C(Cn1cnc2ccccc21)Nc1cccc(-c2ccc3nncn3n2)c1. The smallest absolute Gasteiger partial charge is 0.244 e. The van der Waals surface area contributed by atoms with Gasteiger partial charge >= 0.3 is 0 Å². The van der Waals surface area contributed by atoms with Gasteiger partial charge in [0, 0.05) is 11.3 Å². The fourth-order valence-electron chi connectivity index (χ4n) is 3.13. The first-order valence-corrected chi connectivity index (χ1v) is 8.73. The summed E-state index contributed by atoms with van der Waals surface area (Å²) in [6.07, 6.45) is 3.23. The molecule has 2 aromatic carbocycles. The van der Waals surface area contributed by atoms with Crippen LogP contribution >= 0.6 is 0 Å². The maximum atomic E-state index is 12.5. The van der Waals surface area contributed by atoms with E-state index in [0.717, 1.165) is 22.3 Å². The van der Waals surface area contributed by atoms with E-state index in [-0.39, 0.29) is 12.5 Å². The predicted molar refractivity (Wildman–Crippen MR) is 105 cm³/mol. The van der Waals surface area contributed by atoms with Gasteiger partial charge in [0.1, 0.15) is 12.9 Å². The van der Waals surface area contributed by atoms with Crippen LogP contribution in [0.4, 0.5) is 5.69 Å². The van der Waals surface area contributed by atoms with Gasteiger partial charge in [-0.25, -0.2) is 4.98 Å². The van der Waals surface area contributed by atoms with Gasteiger partial charge in [-0.2, -0.15) is 9.61 Å². The molecule has 8 heteroatoms. The summed E-state index contributed by atoms with van der Waals surface area (Å²) in [7, 11) is 0. The molecule has 0 spiro atoms. The molecule has 0 aliphatic heterocycles. The lowest BCUT2D eigenvalue weighted by atomic mass is 10.1. The van der Waals surface area contributed by atoms with E-state index >= 15 is 0 Å². The Morgan fingerprint density at radius 1 is 1.00 bits per heavy atom. The summed E-state index contributed by atoms with van der Waals surface area (Å²) in [6, 6.07) is 19.0. The van der Waals surface area contributed by atoms with Crippen molar-refractivity contribution in [2.24, 2.45) is 0 Å². The van der Waals surface area contributed by atoms with Crippen molar-refractivity contribution < 1.29 is 4.79 Å². The monoisotopic (exact) mass is 369 g/mol. The van der Waals surface area contributed by atoms with Crippen LogP contribution in [-0.4, -0.2) is 35.3 Å². The summed E-state index contributed by atoms with van der Waals surface area (Å²) in [4.78, 5) is 16.8. The van der Waals surface area contributed by atoms with Crippen molar-refractivity contribution in [3.05, 3.63) is 73.3 Å². The number of carbonyl (C=O) groups excluding carboxylic acids is 1. The van der Waals surface area contributed by atoms with Crippen LogP contribution < -0.4 is 5.32 Å². The molecule has 5 aromatic rings. The molecule has 0 radical (unpaired) electrons. The summed E-state index contributed by atoms with van der Waals surface area (Å²) in [5, 5.41) is 15.2. The highest BCUT2D eigenvalue weighted by molar-refractivity contribution is 5.92. The number of nitrogens with one attached hydrogen (secondary N) is 1. The molecule has 0 saturated heterocycles. The van der Waals surface area contributed by atoms with E-state index in [1.165, 1.54) is 0 Å². The minimum atomic E-state index is -0.123. The number of imidazole rings is 1. The van der Waals surface area contributed by atoms with E-state index in [2.05, 4.69) is 25.6 Å². The fourth-order valence-corrected chi connectivity index (χ4v) is 3.13. The van der Waals surface area contributed by atoms with Gasteiger partial charge in [-0.1, -0.05) is 24.3 Å². The highest BCUT2D eigenvalue weighted by Crippen LogP contribution is 2.21. The zero-order chi connectivity index (χ0) is 18.9. The Morgan fingerprint density at radius 3 is 2.89 bits per heavy atom. The van der Waals surface area contributed by atoms with Crippen molar-refractivity contribution in [1.82, 2.24) is 29.4 Å². The number of carbonyl (C=O) groups is 1. The van der Waals surface area contributed by atoms with E-state index in [9.17, 15) is 4.79 Å². The minimum Gasteiger partial charge on any atom is -0.325 e. The highest BCUT2D eigenvalue weighted by atomic mass is 16.1. The molecule has 3 heterocycles. The second kappa shape index (κ2) is 6.58. The second-order valence-electron chi connectivity index (χ2n) is 6.34. The Hall–Kier alpha value is -4.07. The van der Waals surface area contributed by atoms with E-state index < -0.39 is 0 Å². The Balaban J connectivity index is 1.36. The van der Waals surface area contributed by atoms with Crippen LogP contribution in [0.15, 0.2) is 73.3 Å². The molecule has 0 atom stereocenters. The van der Waals surface area contributed by atoms with Crippen molar-refractivity contribution in [3.8, 4) is 11.3 Å². The zero-order valence-corrected chi connectivity index (χ0v) is 14.7. The summed E-state index contributed by atoms with van der Waals surface area (Å²) < 4.78 is 3.45. The van der Waals surface area contributed by atoms with Gasteiger partial charge in [0.2, 0.25) is 5.91 Å². The van der Waals surface area contributed by atoms with Gasteiger partial charge < -0.3 is 9.88 Å². The lowest BCUT2D eigenvalue weighted by Gasteiger charge is -2.08. The van der Waals surface area contributed by atoms with Crippen molar-refractivity contribution >= 4 is 28.3 Å². The number of anilines is 1. The topological polar surface area (TPSA) is 90.0 Å². The van der Waals surface area contributed by atoms with Gasteiger partial charge in [0.05, 0.1) is 23.1 Å². The first-order valence-electron chi connectivity index (χ1n) is 8.73. The number of hydrogen-bond donors (Lipinski definition) is 1. The maximum absolute atomic E-state index is 12.5. The summed E-state index contributed by atoms with van der Waals surface area (Å²) >= 11 is 0. The molecule has 1 N–H and O–H groups in total. The highest BCUT2D eigenvalue weighted by Gasteiger charge is 2.09. The fraction of sp³-hybridized carbons (Fsp3) is 0.0500. The number of para-hydroxylation sites is 2. The number of hydrogen-bond acceptors (Lipinski definition) is 5. The third-order valence-corrected chi connectivity index (χ3v) is 4.45. The third-order valence-electron chi connectivity index (χ3n) is 4.45. The van der Waals surface area contributed by atoms with Crippen molar-refractivity contribution in [2.45, 2.75) is 6.54 Å². The Bertz CT molecular complexity index is 1300. The Kier molecular flexibility index (Phi) is 3.79. The molecule has 28 heavy (non-hydrogen) atoms. The average molecular weight is 369 g/mol. The number of amides is 1. The molecule has 0 aliphatic carbocycles. The van der Waals surface area contributed by atoms with Gasteiger partial charge in [-0.05, 0) is 36.4 Å². The van der Waals surface area contributed by atoms with Gasteiger partial charge in [0.25, 0.3) is 0 Å². The zero-order valence-electron chi connectivity index (χ0n) is 14.7. The van der Waals surface area contributed by atoms with E-state index in [1.54, 1.807) is 17.2 Å². The molecule has 5 rings (SSSR count). The number of rotatable bonds is 4. The minimum absolute atomic E-state index is 0.123. The molecule has 1 amide bonds. The van der Waals surface area contributed by atoms with Gasteiger partial charge in [-0.3, -0.25) is 4.79 Å². The van der Waals surface area contributed by atoms with Gasteiger partial charge in [0.15, 0.2) is 5.65 Å². The van der Waals surface area contributed by atoms with Crippen LogP contribution in [0.25, 0.3) is 27.9 Å². The van der Waals surface area contributed by atoms with Gasteiger partial charge in [-0.15, -0.1) is 10.2 Å². The van der Waals surface area contributed by atoms with Crippen LogP contribution in [0, 0.1) is 0 Å². The van der Waals surface area contributed by atoms with Crippen LogP contribution in [0.3, 0.4) is 0 Å².